The predicted octanol–water partition coefficient (Wildman–Crippen LogP) is 3.84. The number of nitrogens with one attached hydrogen (secondary N) is 1. The van der Waals surface area contributed by atoms with E-state index in [0.717, 1.165) is 25.8 Å². The highest BCUT2D eigenvalue weighted by Gasteiger charge is 2.24. The van der Waals surface area contributed by atoms with E-state index in [0.29, 0.717) is 12.0 Å². The largest absolute Gasteiger partial charge is 0.396 e. The van der Waals surface area contributed by atoms with Crippen molar-refractivity contribution in [3.63, 3.8) is 0 Å². The maximum Gasteiger partial charge on any atom is 0.0928 e. The summed E-state index contributed by atoms with van der Waals surface area (Å²) in [4.78, 5) is 6.23. The first-order valence-electron chi connectivity index (χ1n) is 8.69. The smallest absolute Gasteiger partial charge is 0.0928 e. The third kappa shape index (κ3) is 4.00. The molecule has 23 heavy (non-hydrogen) atoms. The molecule has 2 atom stereocenters. The monoisotopic (exact) mass is 330 g/mol. The van der Waals surface area contributed by atoms with Crippen LogP contribution in [0.4, 0.5) is 0 Å². The van der Waals surface area contributed by atoms with Crippen molar-refractivity contribution in [2.24, 2.45) is 0 Å². The van der Waals surface area contributed by atoms with Gasteiger partial charge in [-0.25, -0.2) is 4.98 Å². The zero-order chi connectivity index (χ0) is 16.1. The molecule has 2 aromatic rings. The Balaban J connectivity index is 1.68. The number of nitrogens with zero attached hydrogens (tertiary/aromatic N) is 1. The van der Waals surface area contributed by atoms with Crippen LogP contribution in [0.5, 0.6) is 0 Å². The normalized spacial score (nSPS) is 18.6. The van der Waals surface area contributed by atoms with E-state index in [1.807, 2.05) is 17.4 Å². The molecule has 0 aliphatic heterocycles. The van der Waals surface area contributed by atoms with Crippen molar-refractivity contribution in [3.8, 4) is 0 Å². The minimum atomic E-state index is 0.234. The van der Waals surface area contributed by atoms with Crippen LogP contribution < -0.4 is 5.32 Å². The molecule has 3 nitrogen and oxygen atoms in total. The lowest BCUT2D eigenvalue weighted by Gasteiger charge is -2.25. The first-order valence-corrected chi connectivity index (χ1v) is 9.51. The minimum Gasteiger partial charge on any atom is -0.396 e. The Hall–Kier alpha value is -1.23. The Morgan fingerprint density at radius 3 is 2.91 bits per heavy atom. The number of aryl methyl sites for hydroxylation is 2. The number of fused-ring (bicyclic) bond motifs is 1. The van der Waals surface area contributed by atoms with Gasteiger partial charge in [-0.2, -0.15) is 0 Å². The van der Waals surface area contributed by atoms with Gasteiger partial charge in [-0.3, -0.25) is 0 Å². The fourth-order valence-electron chi connectivity index (χ4n) is 3.37. The van der Waals surface area contributed by atoms with Gasteiger partial charge in [0.2, 0.25) is 0 Å². The van der Waals surface area contributed by atoms with Gasteiger partial charge in [0.15, 0.2) is 0 Å². The first kappa shape index (κ1) is 16.6. The van der Waals surface area contributed by atoms with Gasteiger partial charge in [0, 0.05) is 24.1 Å². The molecule has 0 saturated carbocycles. The van der Waals surface area contributed by atoms with Crippen LogP contribution >= 0.6 is 11.3 Å². The molecule has 1 aliphatic rings. The van der Waals surface area contributed by atoms with E-state index in [9.17, 15) is 5.11 Å². The van der Waals surface area contributed by atoms with Crippen molar-refractivity contribution in [1.82, 2.24) is 10.3 Å². The number of thiazole rings is 1. The molecule has 0 fully saturated rings. The Morgan fingerprint density at radius 1 is 1.35 bits per heavy atom. The number of hydrogen-bond donors (Lipinski definition) is 2. The highest BCUT2D eigenvalue weighted by Crippen LogP contribution is 2.35. The minimum absolute atomic E-state index is 0.234. The summed E-state index contributed by atoms with van der Waals surface area (Å²) in [6, 6.07) is 11.0. The van der Waals surface area contributed by atoms with E-state index < -0.39 is 0 Å². The molecule has 0 bridgehead atoms. The summed E-state index contributed by atoms with van der Waals surface area (Å²) in [6.07, 6.45) is 5.37. The number of aliphatic hydroxyl groups is 1. The SMILES string of the molecule is CCc1nc2c(s1)C(NCC(CCO)c1ccccc1)CCC2. The summed E-state index contributed by atoms with van der Waals surface area (Å²) in [5.74, 6) is 0.366. The fourth-order valence-corrected chi connectivity index (χ4v) is 4.53. The van der Waals surface area contributed by atoms with Gasteiger partial charge in [-0.05, 0) is 43.6 Å². The van der Waals surface area contributed by atoms with Crippen molar-refractivity contribution >= 4 is 11.3 Å². The van der Waals surface area contributed by atoms with Crippen LogP contribution in [0.15, 0.2) is 30.3 Å². The lowest BCUT2D eigenvalue weighted by Crippen LogP contribution is -2.29. The Kier molecular flexibility index (Phi) is 5.81. The van der Waals surface area contributed by atoms with E-state index >= 15 is 0 Å². The number of hydrogen-bond acceptors (Lipinski definition) is 4. The standard InChI is InChI=1S/C19H26N2OS/c1-2-18-21-17-10-6-9-16(19(17)23-18)20-13-15(11-12-22)14-7-4-3-5-8-14/h3-5,7-8,15-16,20,22H,2,6,9-13H2,1H3. The Morgan fingerprint density at radius 2 is 2.17 bits per heavy atom. The molecular formula is C19H26N2OS. The maximum atomic E-state index is 9.39. The summed E-state index contributed by atoms with van der Waals surface area (Å²) in [7, 11) is 0. The van der Waals surface area contributed by atoms with Crippen LogP contribution in [0.2, 0.25) is 0 Å². The predicted molar refractivity (Wildman–Crippen MR) is 96.1 cm³/mol. The molecule has 2 unspecified atom stereocenters. The topological polar surface area (TPSA) is 45.2 Å². The quantitative estimate of drug-likeness (QED) is 0.811. The number of rotatable bonds is 7. The Labute approximate surface area is 142 Å². The van der Waals surface area contributed by atoms with E-state index in [4.69, 9.17) is 4.98 Å². The van der Waals surface area contributed by atoms with Crippen molar-refractivity contribution in [1.29, 1.82) is 0 Å². The Bertz CT molecular complexity index is 611. The third-order valence-corrected chi connectivity index (χ3v) is 6.01. The molecule has 0 radical (unpaired) electrons. The van der Waals surface area contributed by atoms with Gasteiger partial charge in [-0.1, -0.05) is 37.3 Å². The van der Waals surface area contributed by atoms with Crippen LogP contribution in [0.3, 0.4) is 0 Å². The van der Waals surface area contributed by atoms with Gasteiger partial charge >= 0.3 is 0 Å². The zero-order valence-corrected chi connectivity index (χ0v) is 14.6. The van der Waals surface area contributed by atoms with Gasteiger partial charge < -0.3 is 10.4 Å². The van der Waals surface area contributed by atoms with E-state index in [2.05, 4.69) is 36.5 Å². The number of aliphatic hydroxyl groups excluding tert-OH is 1. The summed E-state index contributed by atoms with van der Waals surface area (Å²) in [5, 5.41) is 14.4. The number of benzene rings is 1. The van der Waals surface area contributed by atoms with Crippen molar-refractivity contribution in [2.45, 2.75) is 51.0 Å². The summed E-state index contributed by atoms with van der Waals surface area (Å²) in [5.41, 5.74) is 2.62. The molecule has 124 valence electrons. The fraction of sp³-hybridized carbons (Fsp3) is 0.526. The van der Waals surface area contributed by atoms with Gasteiger partial charge in [-0.15, -0.1) is 11.3 Å². The molecule has 4 heteroatoms. The lowest BCUT2D eigenvalue weighted by molar-refractivity contribution is 0.271. The van der Waals surface area contributed by atoms with Crippen molar-refractivity contribution < 1.29 is 5.11 Å². The second-order valence-corrected chi connectivity index (χ2v) is 7.36. The van der Waals surface area contributed by atoms with Crippen molar-refractivity contribution in [2.75, 3.05) is 13.2 Å². The first-order chi connectivity index (χ1) is 11.3. The highest BCUT2D eigenvalue weighted by molar-refractivity contribution is 7.11. The van der Waals surface area contributed by atoms with E-state index in [-0.39, 0.29) is 6.61 Å². The second-order valence-electron chi connectivity index (χ2n) is 6.25. The molecule has 0 saturated heterocycles. The van der Waals surface area contributed by atoms with Crippen LogP contribution in [0, 0.1) is 0 Å². The molecule has 3 rings (SSSR count). The average Bonchev–Trinajstić information content (AvgIpc) is 3.03. The highest BCUT2D eigenvalue weighted by atomic mass is 32.1. The molecule has 1 aliphatic carbocycles. The van der Waals surface area contributed by atoms with Gasteiger partial charge in [0.25, 0.3) is 0 Å². The number of aromatic nitrogens is 1. The maximum absolute atomic E-state index is 9.39. The molecule has 0 amide bonds. The van der Waals surface area contributed by atoms with Crippen molar-refractivity contribution in [3.05, 3.63) is 51.5 Å². The molecule has 0 spiro atoms. The van der Waals surface area contributed by atoms with Crippen LogP contribution in [-0.2, 0) is 12.8 Å². The molecule has 1 aromatic heterocycles. The molecule has 1 heterocycles. The van der Waals surface area contributed by atoms with Crippen LogP contribution in [-0.4, -0.2) is 23.2 Å². The zero-order valence-electron chi connectivity index (χ0n) is 13.8. The van der Waals surface area contributed by atoms with Gasteiger partial charge in [0.1, 0.15) is 0 Å². The summed E-state index contributed by atoms with van der Waals surface area (Å²) in [6.45, 7) is 3.32. The summed E-state index contributed by atoms with van der Waals surface area (Å²) < 4.78 is 0. The van der Waals surface area contributed by atoms with Gasteiger partial charge in [0.05, 0.1) is 10.7 Å². The lowest BCUT2D eigenvalue weighted by atomic mass is 9.94. The average molecular weight is 330 g/mol. The van der Waals surface area contributed by atoms with Crippen LogP contribution in [0.25, 0.3) is 0 Å². The third-order valence-electron chi connectivity index (χ3n) is 4.66. The molecule has 2 N–H and O–H groups in total. The second kappa shape index (κ2) is 8.04. The van der Waals surface area contributed by atoms with E-state index in [1.54, 1.807) is 0 Å². The molecular weight excluding hydrogens is 304 g/mol. The van der Waals surface area contributed by atoms with Crippen LogP contribution in [0.1, 0.15) is 59.3 Å². The summed E-state index contributed by atoms with van der Waals surface area (Å²) >= 11 is 1.88. The van der Waals surface area contributed by atoms with E-state index in [1.165, 1.54) is 34.0 Å². The molecule has 1 aromatic carbocycles.